The van der Waals surface area contributed by atoms with E-state index in [1.807, 2.05) is 6.07 Å². The van der Waals surface area contributed by atoms with Gasteiger partial charge in [-0.25, -0.2) is 0 Å². The standard InChI is InChI=1S/C17H26O2/c1-4-5-8-17(9-6-7-10-17)14-11-15(18-2)13-16(12-14)19-3/h11-13H,4-10H2,1-3H3. The molecule has 0 saturated heterocycles. The Kier molecular flexibility index (Phi) is 4.73. The van der Waals surface area contributed by atoms with Crippen LogP contribution < -0.4 is 9.47 Å². The molecule has 0 N–H and O–H groups in total. The maximum absolute atomic E-state index is 5.43. The number of unbranched alkanes of at least 4 members (excludes halogenated alkanes) is 1. The van der Waals surface area contributed by atoms with Crippen LogP contribution in [0.1, 0.15) is 57.4 Å². The highest BCUT2D eigenvalue weighted by molar-refractivity contribution is 5.42. The molecule has 0 atom stereocenters. The van der Waals surface area contributed by atoms with Crippen LogP contribution in [0.25, 0.3) is 0 Å². The number of ether oxygens (including phenoxy) is 2. The minimum atomic E-state index is 0.359. The molecule has 2 heteroatoms. The van der Waals surface area contributed by atoms with Crippen molar-refractivity contribution in [3.05, 3.63) is 23.8 Å². The first-order chi connectivity index (χ1) is 9.24. The van der Waals surface area contributed by atoms with E-state index in [1.54, 1.807) is 14.2 Å². The number of rotatable bonds is 6. The van der Waals surface area contributed by atoms with Gasteiger partial charge in [-0.15, -0.1) is 0 Å². The van der Waals surface area contributed by atoms with E-state index in [4.69, 9.17) is 9.47 Å². The number of benzene rings is 1. The van der Waals surface area contributed by atoms with Crippen LogP contribution in [-0.4, -0.2) is 14.2 Å². The Morgan fingerprint density at radius 2 is 1.58 bits per heavy atom. The maximum Gasteiger partial charge on any atom is 0.122 e. The second-order valence-corrected chi connectivity index (χ2v) is 5.69. The van der Waals surface area contributed by atoms with Crippen LogP contribution in [0.4, 0.5) is 0 Å². The summed E-state index contributed by atoms with van der Waals surface area (Å²) in [5.74, 6) is 1.83. The summed E-state index contributed by atoms with van der Waals surface area (Å²) in [5, 5.41) is 0. The Morgan fingerprint density at radius 1 is 1.00 bits per heavy atom. The van der Waals surface area contributed by atoms with Crippen molar-refractivity contribution in [1.29, 1.82) is 0 Å². The van der Waals surface area contributed by atoms with Crippen molar-refractivity contribution in [1.82, 2.24) is 0 Å². The van der Waals surface area contributed by atoms with E-state index in [0.717, 1.165) is 11.5 Å². The fourth-order valence-corrected chi connectivity index (χ4v) is 3.36. The van der Waals surface area contributed by atoms with Gasteiger partial charge in [0.15, 0.2) is 0 Å². The van der Waals surface area contributed by atoms with Crippen LogP contribution in [0.15, 0.2) is 18.2 Å². The van der Waals surface area contributed by atoms with E-state index in [0.29, 0.717) is 5.41 Å². The lowest BCUT2D eigenvalue weighted by atomic mass is 9.75. The minimum absolute atomic E-state index is 0.359. The lowest BCUT2D eigenvalue weighted by Gasteiger charge is -2.30. The predicted molar refractivity (Wildman–Crippen MR) is 79.2 cm³/mol. The Labute approximate surface area is 117 Å². The van der Waals surface area contributed by atoms with E-state index in [-0.39, 0.29) is 0 Å². The molecule has 0 radical (unpaired) electrons. The van der Waals surface area contributed by atoms with Crippen molar-refractivity contribution in [3.8, 4) is 11.5 Å². The highest BCUT2D eigenvalue weighted by Gasteiger charge is 2.35. The summed E-state index contributed by atoms with van der Waals surface area (Å²) in [7, 11) is 3.46. The lowest BCUT2D eigenvalue weighted by Crippen LogP contribution is -2.22. The summed E-state index contributed by atoms with van der Waals surface area (Å²) in [6.07, 6.45) is 9.18. The molecule has 1 aliphatic carbocycles. The van der Waals surface area contributed by atoms with Gasteiger partial charge in [0, 0.05) is 6.07 Å². The van der Waals surface area contributed by atoms with Crippen LogP contribution in [-0.2, 0) is 5.41 Å². The molecule has 106 valence electrons. The van der Waals surface area contributed by atoms with Crippen LogP contribution in [0.5, 0.6) is 11.5 Å². The van der Waals surface area contributed by atoms with E-state index in [9.17, 15) is 0 Å². The Balaban J connectivity index is 2.35. The van der Waals surface area contributed by atoms with Gasteiger partial charge in [0.25, 0.3) is 0 Å². The number of hydrogen-bond acceptors (Lipinski definition) is 2. The van der Waals surface area contributed by atoms with Gasteiger partial charge in [-0.2, -0.15) is 0 Å². The molecular weight excluding hydrogens is 236 g/mol. The Morgan fingerprint density at radius 3 is 2.05 bits per heavy atom. The normalized spacial score (nSPS) is 17.4. The molecule has 1 aromatic rings. The van der Waals surface area contributed by atoms with Crippen molar-refractivity contribution in [3.63, 3.8) is 0 Å². The summed E-state index contributed by atoms with van der Waals surface area (Å²) in [6.45, 7) is 2.27. The Bertz CT molecular complexity index is 383. The summed E-state index contributed by atoms with van der Waals surface area (Å²) in [4.78, 5) is 0. The number of hydrogen-bond donors (Lipinski definition) is 0. The molecule has 2 rings (SSSR count). The SMILES string of the molecule is CCCCC1(c2cc(OC)cc(OC)c2)CCCC1. The molecule has 0 bridgehead atoms. The molecule has 1 aromatic carbocycles. The molecule has 0 aromatic heterocycles. The summed E-state index contributed by atoms with van der Waals surface area (Å²) >= 11 is 0. The van der Waals surface area contributed by atoms with E-state index in [1.165, 1.54) is 50.5 Å². The molecule has 0 aliphatic heterocycles. The first kappa shape index (κ1) is 14.2. The smallest absolute Gasteiger partial charge is 0.122 e. The molecule has 0 heterocycles. The van der Waals surface area contributed by atoms with E-state index >= 15 is 0 Å². The Hall–Kier alpha value is -1.18. The number of methoxy groups -OCH3 is 2. The predicted octanol–water partition coefficient (Wildman–Crippen LogP) is 4.71. The van der Waals surface area contributed by atoms with Crippen molar-refractivity contribution in [2.75, 3.05) is 14.2 Å². The third-order valence-electron chi connectivity index (χ3n) is 4.53. The van der Waals surface area contributed by atoms with Gasteiger partial charge in [-0.3, -0.25) is 0 Å². The monoisotopic (exact) mass is 262 g/mol. The van der Waals surface area contributed by atoms with Crippen LogP contribution in [0, 0.1) is 0 Å². The zero-order chi connectivity index (χ0) is 13.7. The van der Waals surface area contributed by atoms with E-state index < -0.39 is 0 Å². The van der Waals surface area contributed by atoms with Gasteiger partial charge < -0.3 is 9.47 Å². The molecular formula is C17H26O2. The average molecular weight is 262 g/mol. The first-order valence-electron chi connectivity index (χ1n) is 7.47. The summed E-state index contributed by atoms with van der Waals surface area (Å²) < 4.78 is 10.9. The van der Waals surface area contributed by atoms with Crippen molar-refractivity contribution in [2.24, 2.45) is 0 Å². The molecule has 2 nitrogen and oxygen atoms in total. The lowest BCUT2D eigenvalue weighted by molar-refractivity contribution is 0.370. The van der Waals surface area contributed by atoms with Gasteiger partial charge in [-0.1, -0.05) is 32.6 Å². The van der Waals surface area contributed by atoms with Crippen LogP contribution in [0.3, 0.4) is 0 Å². The average Bonchev–Trinajstić information content (AvgIpc) is 2.94. The molecule has 19 heavy (non-hydrogen) atoms. The fourth-order valence-electron chi connectivity index (χ4n) is 3.36. The third-order valence-corrected chi connectivity index (χ3v) is 4.53. The quantitative estimate of drug-likeness (QED) is 0.739. The third kappa shape index (κ3) is 3.05. The second-order valence-electron chi connectivity index (χ2n) is 5.69. The molecule has 1 saturated carbocycles. The first-order valence-corrected chi connectivity index (χ1v) is 7.47. The largest absolute Gasteiger partial charge is 0.497 e. The molecule has 0 spiro atoms. The second kappa shape index (κ2) is 6.31. The summed E-state index contributed by atoms with van der Waals surface area (Å²) in [5.41, 5.74) is 1.77. The van der Waals surface area contributed by atoms with Gasteiger partial charge in [0.2, 0.25) is 0 Å². The van der Waals surface area contributed by atoms with E-state index in [2.05, 4.69) is 19.1 Å². The molecule has 1 fully saturated rings. The van der Waals surface area contributed by atoms with Crippen LogP contribution in [0.2, 0.25) is 0 Å². The molecule has 0 unspecified atom stereocenters. The topological polar surface area (TPSA) is 18.5 Å². The van der Waals surface area contributed by atoms with Gasteiger partial charge >= 0.3 is 0 Å². The fraction of sp³-hybridized carbons (Fsp3) is 0.647. The minimum Gasteiger partial charge on any atom is -0.497 e. The van der Waals surface area contributed by atoms with Crippen molar-refractivity contribution in [2.45, 2.75) is 57.3 Å². The zero-order valence-electron chi connectivity index (χ0n) is 12.5. The van der Waals surface area contributed by atoms with Crippen molar-refractivity contribution < 1.29 is 9.47 Å². The van der Waals surface area contributed by atoms with Crippen LogP contribution >= 0.6 is 0 Å². The molecule has 0 amide bonds. The molecule has 1 aliphatic rings. The van der Waals surface area contributed by atoms with Gasteiger partial charge in [-0.05, 0) is 42.4 Å². The van der Waals surface area contributed by atoms with Gasteiger partial charge in [0.1, 0.15) is 11.5 Å². The van der Waals surface area contributed by atoms with Gasteiger partial charge in [0.05, 0.1) is 14.2 Å². The highest BCUT2D eigenvalue weighted by atomic mass is 16.5. The zero-order valence-corrected chi connectivity index (χ0v) is 12.5. The maximum atomic E-state index is 5.43. The highest BCUT2D eigenvalue weighted by Crippen LogP contribution is 2.46. The summed E-state index contributed by atoms with van der Waals surface area (Å²) in [6, 6.07) is 6.39. The van der Waals surface area contributed by atoms with Crippen molar-refractivity contribution >= 4 is 0 Å².